The maximum absolute atomic E-state index is 13.6. The highest BCUT2D eigenvalue weighted by Crippen LogP contribution is 2.55. The van der Waals surface area contributed by atoms with Gasteiger partial charge in [-0.25, -0.2) is 18.8 Å². The van der Waals surface area contributed by atoms with Crippen molar-refractivity contribution in [1.82, 2.24) is 15.2 Å². The highest BCUT2D eigenvalue weighted by atomic mass is 32.1. The van der Waals surface area contributed by atoms with E-state index in [1.165, 1.54) is 12.1 Å². The molecule has 4 aliphatic rings. The van der Waals surface area contributed by atoms with Crippen molar-refractivity contribution in [3.05, 3.63) is 83.0 Å². The first-order valence-electron chi connectivity index (χ1n) is 11.6. The molecular weight excluding hydrogens is 466 g/mol. The number of nitrogens with one attached hydrogen (secondary N) is 1. The Labute approximate surface area is 210 Å². The fourth-order valence-electron chi connectivity index (χ4n) is 5.27. The van der Waals surface area contributed by atoms with E-state index < -0.39 is 16.3 Å². The Kier molecular flexibility index (Phi) is 5.49. The quantitative estimate of drug-likeness (QED) is 0.523. The van der Waals surface area contributed by atoms with E-state index in [4.69, 9.17) is 23.5 Å². The molecule has 0 spiro atoms. The van der Waals surface area contributed by atoms with Crippen LogP contribution in [0.5, 0.6) is 0 Å². The third-order valence-electron chi connectivity index (χ3n) is 7.12. The van der Waals surface area contributed by atoms with Gasteiger partial charge in [0, 0.05) is 60.0 Å². The van der Waals surface area contributed by atoms with E-state index in [2.05, 4.69) is 36.5 Å². The van der Waals surface area contributed by atoms with Crippen molar-refractivity contribution in [2.75, 3.05) is 13.1 Å². The van der Waals surface area contributed by atoms with Gasteiger partial charge in [-0.05, 0) is 18.1 Å². The Morgan fingerprint density at radius 1 is 1.23 bits per heavy atom. The van der Waals surface area contributed by atoms with Gasteiger partial charge in [0.2, 0.25) is 0 Å². The lowest BCUT2D eigenvalue weighted by Gasteiger charge is -2.55. The fraction of sp³-hybridized carbons (Fsp3) is 0.385. The van der Waals surface area contributed by atoms with Crippen molar-refractivity contribution in [3.8, 4) is 0 Å². The molecule has 35 heavy (non-hydrogen) atoms. The zero-order chi connectivity index (χ0) is 25.2. The molecule has 9 heteroatoms. The molecule has 1 fully saturated rings. The fourth-order valence-corrected chi connectivity index (χ4v) is 5.97. The maximum Gasteiger partial charge on any atom is 0.270 e. The number of hydrogen-bond donors (Lipinski definition) is 3. The van der Waals surface area contributed by atoms with Gasteiger partial charge in [0.25, 0.3) is 5.92 Å². The third-order valence-corrected chi connectivity index (χ3v) is 7.69. The molecule has 5 rings (SSSR count). The van der Waals surface area contributed by atoms with Gasteiger partial charge in [0.15, 0.2) is 0 Å². The molecule has 0 radical (unpaired) electrons. The van der Waals surface area contributed by atoms with Crippen LogP contribution in [0.2, 0.25) is 0 Å². The van der Waals surface area contributed by atoms with Gasteiger partial charge < -0.3 is 16.0 Å². The van der Waals surface area contributed by atoms with E-state index in [0.29, 0.717) is 25.8 Å². The number of aliphatic imine (C=N–C) groups is 1. The first-order chi connectivity index (χ1) is 16.4. The van der Waals surface area contributed by atoms with E-state index in [9.17, 15) is 8.78 Å². The summed E-state index contributed by atoms with van der Waals surface area (Å²) < 4.78 is 26.7. The average molecular weight is 497 g/mol. The number of nitrogens with zero attached hydrogens (tertiary/aromatic N) is 4. The number of hydrogen-bond acceptors (Lipinski definition) is 7. The molecule has 1 aromatic rings. The van der Waals surface area contributed by atoms with Crippen molar-refractivity contribution < 1.29 is 8.78 Å². The van der Waals surface area contributed by atoms with Crippen LogP contribution >= 0.6 is 12.6 Å². The third kappa shape index (κ3) is 4.10. The van der Waals surface area contributed by atoms with E-state index in [1.807, 2.05) is 9.91 Å². The second kappa shape index (κ2) is 8.06. The first kappa shape index (κ1) is 23.8. The number of rotatable bonds is 5. The Bertz CT molecular complexity index is 1220. The minimum atomic E-state index is -2.87. The molecule has 1 aromatic carbocycles. The molecule has 1 aliphatic carbocycles. The lowest BCUT2D eigenvalue weighted by atomic mass is 9.69. The second-order valence-electron chi connectivity index (χ2n) is 9.99. The van der Waals surface area contributed by atoms with Crippen molar-refractivity contribution in [1.29, 1.82) is 0 Å². The average Bonchev–Trinajstić information content (AvgIpc) is 3.15. The molecule has 0 unspecified atom stereocenters. The summed E-state index contributed by atoms with van der Waals surface area (Å²) in [7, 11) is 0. The molecule has 3 aliphatic heterocycles. The predicted molar refractivity (Wildman–Crippen MR) is 139 cm³/mol. The van der Waals surface area contributed by atoms with Crippen LogP contribution in [-0.2, 0) is 10.7 Å². The van der Waals surface area contributed by atoms with E-state index in [-0.39, 0.29) is 5.56 Å². The summed E-state index contributed by atoms with van der Waals surface area (Å²) in [5.74, 6) is -2.02. The zero-order valence-electron chi connectivity index (χ0n) is 20.0. The van der Waals surface area contributed by atoms with Crippen molar-refractivity contribution in [2.45, 2.75) is 49.4 Å². The molecule has 0 aromatic heterocycles. The van der Waals surface area contributed by atoms with E-state index in [0.717, 1.165) is 53.1 Å². The van der Waals surface area contributed by atoms with Crippen LogP contribution < -0.4 is 11.1 Å². The van der Waals surface area contributed by atoms with Gasteiger partial charge in [0.1, 0.15) is 11.5 Å². The normalized spacial score (nSPS) is 28.5. The highest BCUT2D eigenvalue weighted by Gasteiger charge is 2.56. The lowest BCUT2D eigenvalue weighted by Crippen LogP contribution is -2.65. The smallest absolute Gasteiger partial charge is 0.270 e. The highest BCUT2D eigenvalue weighted by molar-refractivity contribution is 7.81. The number of halogens is 2. The summed E-state index contributed by atoms with van der Waals surface area (Å²) in [5.41, 5.74) is 11.7. The van der Waals surface area contributed by atoms with Crippen LogP contribution in [0.1, 0.15) is 44.2 Å². The summed E-state index contributed by atoms with van der Waals surface area (Å²) >= 11 is 4.87. The minimum Gasteiger partial charge on any atom is -0.366 e. The van der Waals surface area contributed by atoms with Gasteiger partial charge in [-0.15, -0.1) is 0 Å². The molecule has 3 heterocycles. The minimum absolute atomic E-state index is 0.0147. The largest absolute Gasteiger partial charge is 0.366 e. The summed E-state index contributed by atoms with van der Waals surface area (Å²) in [6.45, 7) is 12.7. The summed E-state index contributed by atoms with van der Waals surface area (Å²) in [4.78, 5) is 6.56. The molecular formula is C26H30F2N6S. The predicted octanol–water partition coefficient (Wildman–Crippen LogP) is 4.57. The molecule has 0 bridgehead atoms. The Morgan fingerprint density at radius 2 is 1.91 bits per heavy atom. The monoisotopic (exact) mass is 496 g/mol. The number of hydrazone groups is 1. The number of dihydropyridines is 1. The van der Waals surface area contributed by atoms with Gasteiger partial charge in [-0.2, -0.15) is 17.7 Å². The van der Waals surface area contributed by atoms with Crippen LogP contribution in [0.3, 0.4) is 0 Å². The maximum atomic E-state index is 13.6. The van der Waals surface area contributed by atoms with Gasteiger partial charge in [-0.3, -0.25) is 0 Å². The molecule has 3 N–H and O–H groups in total. The molecule has 1 saturated carbocycles. The number of allylic oxidation sites excluding steroid dienone is 2. The van der Waals surface area contributed by atoms with Crippen LogP contribution in [0, 0.1) is 0 Å². The Balaban J connectivity index is 1.27. The standard InChI is InChI=1S/C26H30F2N6S/c1-16-9-10-30-23-22(16)18(3)33(15-31-23)12-21-11-17(2)34(32-21)26(29)13-25(35,14-26)20-7-5-19(6-8-20)24(4,27)28/h5-9,15,30,35H,2-3,10-14,29H2,1,4H3. The van der Waals surface area contributed by atoms with Crippen molar-refractivity contribution >= 4 is 24.7 Å². The molecule has 0 saturated heterocycles. The SMILES string of the molecule is C=C1C2=C(N=CN1CC1=NN(C3(N)CC(S)(c4ccc(C(C)(F)F)cc4)C3)C(=C)C1)NCC=C2C. The first-order valence-corrected chi connectivity index (χ1v) is 12.0. The summed E-state index contributed by atoms with van der Waals surface area (Å²) in [6.07, 6.45) is 5.55. The zero-order valence-corrected chi connectivity index (χ0v) is 20.9. The molecule has 184 valence electrons. The van der Waals surface area contributed by atoms with Gasteiger partial charge in [0.05, 0.1) is 18.6 Å². The number of alkyl halides is 2. The van der Waals surface area contributed by atoms with Crippen molar-refractivity contribution in [2.24, 2.45) is 15.8 Å². The summed E-state index contributed by atoms with van der Waals surface area (Å²) in [6, 6.07) is 6.35. The van der Waals surface area contributed by atoms with E-state index in [1.54, 1.807) is 18.5 Å². The second-order valence-corrected chi connectivity index (χ2v) is 10.8. The van der Waals surface area contributed by atoms with Gasteiger partial charge >= 0.3 is 0 Å². The molecule has 0 atom stereocenters. The topological polar surface area (TPSA) is 69.2 Å². The van der Waals surface area contributed by atoms with Crippen LogP contribution in [0.15, 0.2) is 82.0 Å². The lowest BCUT2D eigenvalue weighted by molar-refractivity contribution is 0.0167. The summed E-state index contributed by atoms with van der Waals surface area (Å²) in [5, 5.41) is 9.92. The number of nitrogens with two attached hydrogens (primary N) is 1. The Hall–Kier alpha value is -2.91. The number of benzene rings is 1. The van der Waals surface area contributed by atoms with Gasteiger partial charge in [-0.1, -0.05) is 43.5 Å². The van der Waals surface area contributed by atoms with E-state index >= 15 is 0 Å². The van der Waals surface area contributed by atoms with Crippen LogP contribution in [0.25, 0.3) is 0 Å². The van der Waals surface area contributed by atoms with Crippen LogP contribution in [0.4, 0.5) is 8.78 Å². The Morgan fingerprint density at radius 3 is 2.57 bits per heavy atom. The molecule has 0 amide bonds. The molecule has 6 nitrogen and oxygen atoms in total. The van der Waals surface area contributed by atoms with Crippen LogP contribution in [-0.4, -0.2) is 40.7 Å². The number of thiol groups is 1. The van der Waals surface area contributed by atoms with Crippen molar-refractivity contribution in [3.63, 3.8) is 0 Å².